The van der Waals surface area contributed by atoms with Crippen molar-refractivity contribution in [3.8, 4) is 5.75 Å². The third kappa shape index (κ3) is 3.79. The molecular formula is C21H19NO2S2. The van der Waals surface area contributed by atoms with Gasteiger partial charge >= 0.3 is 0 Å². The van der Waals surface area contributed by atoms with Gasteiger partial charge in [0.1, 0.15) is 17.7 Å². The fourth-order valence-electron chi connectivity index (χ4n) is 2.99. The van der Waals surface area contributed by atoms with Gasteiger partial charge in [-0.25, -0.2) is 0 Å². The molecule has 1 saturated heterocycles. The number of nitrogens with zero attached hydrogens (tertiary/aromatic N) is 1. The quantitative estimate of drug-likeness (QED) is 0.607. The Labute approximate surface area is 161 Å². The minimum atomic E-state index is 0.0462. The van der Waals surface area contributed by atoms with Crippen molar-refractivity contribution in [2.24, 2.45) is 0 Å². The maximum absolute atomic E-state index is 12.8. The first-order valence-electron chi connectivity index (χ1n) is 8.54. The average Bonchev–Trinajstić information content (AvgIpc) is 3.39. The second kappa shape index (κ2) is 7.98. The van der Waals surface area contributed by atoms with E-state index in [0.29, 0.717) is 6.61 Å². The highest BCUT2D eigenvalue weighted by atomic mass is 32.2. The van der Waals surface area contributed by atoms with Crippen LogP contribution < -0.4 is 4.74 Å². The molecule has 0 saturated carbocycles. The van der Waals surface area contributed by atoms with Crippen LogP contribution in [0.2, 0.25) is 0 Å². The first-order chi connectivity index (χ1) is 12.8. The zero-order valence-corrected chi connectivity index (χ0v) is 15.8. The third-order valence-electron chi connectivity index (χ3n) is 4.28. The number of hydrogen-bond acceptors (Lipinski definition) is 4. The zero-order chi connectivity index (χ0) is 17.8. The van der Waals surface area contributed by atoms with E-state index in [-0.39, 0.29) is 11.3 Å². The van der Waals surface area contributed by atoms with Crippen LogP contribution in [-0.4, -0.2) is 23.1 Å². The minimum absolute atomic E-state index is 0.0462. The standard InChI is InChI=1S/C21H19NO2S2/c23-20(19-10-5-12-25-19)22-11-13-26-21(22)17-8-4-9-18(14-17)24-15-16-6-2-1-3-7-16/h1-10,12,14,21H,11,13,15H2. The van der Waals surface area contributed by atoms with Crippen LogP contribution >= 0.6 is 23.1 Å². The van der Waals surface area contributed by atoms with Gasteiger partial charge in [0.05, 0.1) is 4.88 Å². The van der Waals surface area contributed by atoms with Crippen LogP contribution in [0.5, 0.6) is 5.75 Å². The monoisotopic (exact) mass is 381 g/mol. The smallest absolute Gasteiger partial charge is 0.265 e. The fourth-order valence-corrected chi connectivity index (χ4v) is 4.92. The normalized spacial score (nSPS) is 16.6. The average molecular weight is 382 g/mol. The molecule has 1 aliphatic rings. The lowest BCUT2D eigenvalue weighted by Gasteiger charge is -2.24. The lowest BCUT2D eigenvalue weighted by Crippen LogP contribution is -2.29. The molecule has 26 heavy (non-hydrogen) atoms. The lowest BCUT2D eigenvalue weighted by atomic mass is 10.2. The Balaban J connectivity index is 1.49. The highest BCUT2D eigenvalue weighted by Gasteiger charge is 2.31. The highest BCUT2D eigenvalue weighted by Crippen LogP contribution is 2.40. The van der Waals surface area contributed by atoms with Crippen LogP contribution in [0.15, 0.2) is 72.1 Å². The van der Waals surface area contributed by atoms with Gasteiger partial charge in [-0.1, -0.05) is 48.5 Å². The van der Waals surface area contributed by atoms with Gasteiger partial charge in [-0.05, 0) is 34.7 Å². The van der Waals surface area contributed by atoms with Crippen LogP contribution in [0.1, 0.15) is 26.2 Å². The number of thiophene rings is 1. The number of carbonyl (C=O) groups is 1. The summed E-state index contributed by atoms with van der Waals surface area (Å²) in [7, 11) is 0. The molecule has 0 radical (unpaired) electrons. The molecule has 3 nitrogen and oxygen atoms in total. The topological polar surface area (TPSA) is 29.5 Å². The van der Waals surface area contributed by atoms with Crippen molar-refractivity contribution in [1.82, 2.24) is 4.90 Å². The SMILES string of the molecule is O=C(c1cccs1)N1CCSC1c1cccc(OCc2ccccc2)c1. The summed E-state index contributed by atoms with van der Waals surface area (Å²) in [6.45, 7) is 1.32. The van der Waals surface area contributed by atoms with E-state index in [1.807, 2.05) is 52.7 Å². The number of hydrogen-bond donors (Lipinski definition) is 0. The number of rotatable bonds is 5. The van der Waals surface area contributed by atoms with Crippen molar-refractivity contribution < 1.29 is 9.53 Å². The molecule has 3 aromatic rings. The Morgan fingerprint density at radius 2 is 1.96 bits per heavy atom. The van der Waals surface area contributed by atoms with E-state index in [2.05, 4.69) is 24.3 Å². The van der Waals surface area contributed by atoms with Crippen LogP contribution in [0, 0.1) is 0 Å². The first kappa shape index (κ1) is 17.2. The van der Waals surface area contributed by atoms with Crippen LogP contribution in [0.25, 0.3) is 0 Å². The molecule has 0 spiro atoms. The summed E-state index contributed by atoms with van der Waals surface area (Å²) in [4.78, 5) is 15.5. The molecule has 1 fully saturated rings. The Hall–Kier alpha value is -2.24. The van der Waals surface area contributed by atoms with Gasteiger partial charge in [0.2, 0.25) is 0 Å². The van der Waals surface area contributed by atoms with Crippen LogP contribution in [0.3, 0.4) is 0 Å². The number of carbonyl (C=O) groups excluding carboxylic acids is 1. The Bertz CT molecular complexity index is 865. The number of benzene rings is 2. The van der Waals surface area contributed by atoms with Gasteiger partial charge in [-0.2, -0.15) is 0 Å². The van der Waals surface area contributed by atoms with Gasteiger partial charge in [0, 0.05) is 12.3 Å². The predicted molar refractivity (Wildman–Crippen MR) is 108 cm³/mol. The van der Waals surface area contributed by atoms with Gasteiger partial charge in [0.15, 0.2) is 0 Å². The molecule has 1 aliphatic heterocycles. The van der Waals surface area contributed by atoms with E-state index in [9.17, 15) is 4.79 Å². The number of thioether (sulfide) groups is 1. The van der Waals surface area contributed by atoms with Crippen molar-refractivity contribution in [3.05, 3.63) is 88.1 Å². The molecule has 5 heteroatoms. The van der Waals surface area contributed by atoms with Crippen molar-refractivity contribution in [2.45, 2.75) is 12.0 Å². The second-order valence-electron chi connectivity index (χ2n) is 6.05. The molecular weight excluding hydrogens is 362 g/mol. The van der Waals surface area contributed by atoms with E-state index >= 15 is 0 Å². The van der Waals surface area contributed by atoms with Crippen molar-refractivity contribution in [2.75, 3.05) is 12.3 Å². The summed E-state index contributed by atoms with van der Waals surface area (Å²) in [5.74, 6) is 1.91. The summed E-state index contributed by atoms with van der Waals surface area (Å²) < 4.78 is 5.95. The molecule has 1 unspecified atom stereocenters. The zero-order valence-electron chi connectivity index (χ0n) is 14.2. The summed E-state index contributed by atoms with van der Waals surface area (Å²) in [6.07, 6.45) is 0. The molecule has 132 valence electrons. The fraction of sp³-hybridized carbons (Fsp3) is 0.190. The Morgan fingerprint density at radius 3 is 2.77 bits per heavy atom. The van der Waals surface area contributed by atoms with E-state index in [1.165, 1.54) is 11.3 Å². The van der Waals surface area contributed by atoms with Gasteiger partial charge < -0.3 is 9.64 Å². The molecule has 2 heterocycles. The maximum Gasteiger partial charge on any atom is 0.265 e. The van der Waals surface area contributed by atoms with E-state index in [4.69, 9.17) is 4.74 Å². The van der Waals surface area contributed by atoms with E-state index < -0.39 is 0 Å². The summed E-state index contributed by atoms with van der Waals surface area (Å²) in [5, 5.41) is 1.99. The first-order valence-corrected chi connectivity index (χ1v) is 10.5. The summed E-state index contributed by atoms with van der Waals surface area (Å²) >= 11 is 3.31. The summed E-state index contributed by atoms with van der Waals surface area (Å²) in [5.41, 5.74) is 2.26. The molecule has 4 rings (SSSR count). The maximum atomic E-state index is 12.8. The Kier molecular flexibility index (Phi) is 5.27. The second-order valence-corrected chi connectivity index (χ2v) is 8.18. The predicted octanol–water partition coefficient (Wildman–Crippen LogP) is 5.21. The minimum Gasteiger partial charge on any atom is -0.489 e. The van der Waals surface area contributed by atoms with Crippen molar-refractivity contribution >= 4 is 29.0 Å². The molecule has 2 aromatic carbocycles. The largest absolute Gasteiger partial charge is 0.489 e. The van der Waals surface area contributed by atoms with Gasteiger partial charge in [-0.15, -0.1) is 23.1 Å². The molecule has 0 aliphatic carbocycles. The Morgan fingerprint density at radius 1 is 1.08 bits per heavy atom. The van der Waals surface area contributed by atoms with Crippen LogP contribution in [-0.2, 0) is 6.61 Å². The van der Waals surface area contributed by atoms with E-state index in [0.717, 1.165) is 34.1 Å². The van der Waals surface area contributed by atoms with E-state index in [1.54, 1.807) is 11.8 Å². The molecule has 0 bridgehead atoms. The van der Waals surface area contributed by atoms with Crippen LogP contribution in [0.4, 0.5) is 0 Å². The van der Waals surface area contributed by atoms with Crippen molar-refractivity contribution in [3.63, 3.8) is 0 Å². The number of ether oxygens (including phenoxy) is 1. The highest BCUT2D eigenvalue weighted by molar-refractivity contribution is 7.99. The van der Waals surface area contributed by atoms with Gasteiger partial charge in [-0.3, -0.25) is 4.79 Å². The third-order valence-corrected chi connectivity index (χ3v) is 6.39. The summed E-state index contributed by atoms with van der Waals surface area (Å²) in [6, 6.07) is 22.1. The molecule has 1 amide bonds. The van der Waals surface area contributed by atoms with Gasteiger partial charge in [0.25, 0.3) is 5.91 Å². The molecule has 1 atom stereocenters. The molecule has 1 aromatic heterocycles. The number of amides is 1. The van der Waals surface area contributed by atoms with Crippen molar-refractivity contribution in [1.29, 1.82) is 0 Å². The lowest BCUT2D eigenvalue weighted by molar-refractivity contribution is 0.0765. The molecule has 0 N–H and O–H groups in total.